The summed E-state index contributed by atoms with van der Waals surface area (Å²) in [7, 11) is 0. The summed E-state index contributed by atoms with van der Waals surface area (Å²) in [5, 5.41) is 13.9. The van der Waals surface area contributed by atoms with E-state index in [2.05, 4.69) is 5.32 Å². The molecular formula is C17H19NO3. The Kier molecular flexibility index (Phi) is 4.26. The molecule has 2 N–H and O–H groups in total. The van der Waals surface area contributed by atoms with E-state index in [0.717, 1.165) is 10.8 Å². The van der Waals surface area contributed by atoms with Gasteiger partial charge in [-0.3, -0.25) is 9.59 Å². The molecule has 0 atom stereocenters. The molecule has 0 spiro atoms. The summed E-state index contributed by atoms with van der Waals surface area (Å²) in [4.78, 5) is 23.1. The van der Waals surface area contributed by atoms with E-state index in [1.807, 2.05) is 36.4 Å². The van der Waals surface area contributed by atoms with Gasteiger partial charge in [-0.25, -0.2) is 0 Å². The molecule has 0 radical (unpaired) electrons. The van der Waals surface area contributed by atoms with Crippen LogP contribution in [0.3, 0.4) is 0 Å². The molecule has 0 aliphatic heterocycles. The third kappa shape index (κ3) is 3.60. The highest BCUT2D eigenvalue weighted by atomic mass is 16.4. The molecule has 0 bridgehead atoms. The van der Waals surface area contributed by atoms with E-state index in [0.29, 0.717) is 18.5 Å². The number of nitrogens with one attached hydrogen (secondary N) is 1. The van der Waals surface area contributed by atoms with Gasteiger partial charge in [0.1, 0.15) is 0 Å². The van der Waals surface area contributed by atoms with Crippen LogP contribution in [0.15, 0.2) is 42.5 Å². The fraction of sp³-hybridized carbons (Fsp3) is 0.294. The minimum absolute atomic E-state index is 0.179. The molecule has 4 heteroatoms. The van der Waals surface area contributed by atoms with Gasteiger partial charge in [-0.05, 0) is 43.2 Å². The quantitative estimate of drug-likeness (QED) is 0.887. The van der Waals surface area contributed by atoms with Crippen molar-refractivity contribution in [3.05, 3.63) is 48.0 Å². The zero-order valence-electron chi connectivity index (χ0n) is 12.2. The zero-order valence-corrected chi connectivity index (χ0v) is 12.2. The largest absolute Gasteiger partial charge is 0.481 e. The van der Waals surface area contributed by atoms with E-state index >= 15 is 0 Å². The van der Waals surface area contributed by atoms with Crippen LogP contribution in [-0.2, 0) is 4.79 Å². The van der Waals surface area contributed by atoms with Crippen molar-refractivity contribution in [2.75, 3.05) is 6.54 Å². The minimum Gasteiger partial charge on any atom is -0.481 e. The predicted octanol–water partition coefficient (Wildman–Crippen LogP) is 3.07. The lowest BCUT2D eigenvalue weighted by Gasteiger charge is -2.18. The third-order valence-corrected chi connectivity index (χ3v) is 3.63. The van der Waals surface area contributed by atoms with Gasteiger partial charge in [0.25, 0.3) is 5.91 Å². The monoisotopic (exact) mass is 285 g/mol. The van der Waals surface area contributed by atoms with Gasteiger partial charge in [-0.2, -0.15) is 0 Å². The predicted molar refractivity (Wildman–Crippen MR) is 82.3 cm³/mol. The number of carbonyl (C=O) groups is 2. The molecule has 0 fully saturated rings. The summed E-state index contributed by atoms with van der Waals surface area (Å²) >= 11 is 0. The van der Waals surface area contributed by atoms with Gasteiger partial charge in [-0.1, -0.05) is 30.3 Å². The van der Waals surface area contributed by atoms with Crippen molar-refractivity contribution in [3.8, 4) is 0 Å². The first-order chi connectivity index (χ1) is 9.90. The molecule has 21 heavy (non-hydrogen) atoms. The Morgan fingerprint density at radius 1 is 1.10 bits per heavy atom. The van der Waals surface area contributed by atoms with E-state index < -0.39 is 11.4 Å². The normalized spacial score (nSPS) is 11.3. The van der Waals surface area contributed by atoms with Crippen LogP contribution in [0.2, 0.25) is 0 Å². The lowest BCUT2D eigenvalue weighted by Crippen LogP contribution is -2.31. The van der Waals surface area contributed by atoms with E-state index in [1.54, 1.807) is 19.9 Å². The summed E-state index contributed by atoms with van der Waals surface area (Å²) < 4.78 is 0. The second kappa shape index (κ2) is 5.95. The number of carbonyl (C=O) groups excluding carboxylic acids is 1. The fourth-order valence-electron chi connectivity index (χ4n) is 2.03. The van der Waals surface area contributed by atoms with Crippen LogP contribution in [-0.4, -0.2) is 23.5 Å². The Bertz CT molecular complexity index is 677. The molecule has 4 nitrogen and oxygen atoms in total. The van der Waals surface area contributed by atoms with Crippen LogP contribution in [0.1, 0.15) is 30.6 Å². The third-order valence-electron chi connectivity index (χ3n) is 3.63. The first kappa shape index (κ1) is 15.0. The number of aliphatic carboxylic acids is 1. The fourth-order valence-corrected chi connectivity index (χ4v) is 2.03. The summed E-state index contributed by atoms with van der Waals surface area (Å²) in [6.45, 7) is 3.64. The SMILES string of the molecule is CC(C)(CCNC(=O)c1ccc2ccccc2c1)C(=O)O. The van der Waals surface area contributed by atoms with Crippen molar-refractivity contribution in [3.63, 3.8) is 0 Å². The highest BCUT2D eigenvalue weighted by Gasteiger charge is 2.26. The number of carboxylic acid groups (broad SMARTS) is 1. The standard InChI is InChI=1S/C17H19NO3/c1-17(2,16(20)21)9-10-18-15(19)14-8-7-12-5-3-4-6-13(12)11-14/h3-8,11H,9-10H2,1-2H3,(H,18,19)(H,20,21). The first-order valence-corrected chi connectivity index (χ1v) is 6.90. The molecule has 0 unspecified atom stereocenters. The lowest BCUT2D eigenvalue weighted by molar-refractivity contribution is -0.147. The van der Waals surface area contributed by atoms with Crippen molar-refractivity contribution < 1.29 is 14.7 Å². The smallest absolute Gasteiger partial charge is 0.309 e. The van der Waals surface area contributed by atoms with Crippen LogP contribution in [0.5, 0.6) is 0 Å². The van der Waals surface area contributed by atoms with Crippen molar-refractivity contribution in [1.82, 2.24) is 5.32 Å². The van der Waals surface area contributed by atoms with Crippen molar-refractivity contribution in [2.24, 2.45) is 5.41 Å². The van der Waals surface area contributed by atoms with Gasteiger partial charge < -0.3 is 10.4 Å². The molecule has 2 aromatic rings. The highest BCUT2D eigenvalue weighted by Crippen LogP contribution is 2.19. The van der Waals surface area contributed by atoms with Gasteiger partial charge >= 0.3 is 5.97 Å². The zero-order chi connectivity index (χ0) is 15.5. The van der Waals surface area contributed by atoms with E-state index in [4.69, 9.17) is 5.11 Å². The summed E-state index contributed by atoms with van der Waals surface area (Å²) in [5.41, 5.74) is -0.252. The maximum absolute atomic E-state index is 12.1. The van der Waals surface area contributed by atoms with Crippen molar-refractivity contribution >= 4 is 22.6 Å². The number of amides is 1. The second-order valence-corrected chi connectivity index (χ2v) is 5.76. The van der Waals surface area contributed by atoms with Crippen molar-refractivity contribution in [1.29, 1.82) is 0 Å². The average molecular weight is 285 g/mol. The molecule has 2 aromatic carbocycles. The molecule has 0 saturated carbocycles. The van der Waals surface area contributed by atoms with E-state index in [1.165, 1.54) is 0 Å². The Morgan fingerprint density at radius 2 is 1.76 bits per heavy atom. The number of fused-ring (bicyclic) bond motifs is 1. The number of hydrogen-bond acceptors (Lipinski definition) is 2. The van der Waals surface area contributed by atoms with Gasteiger partial charge in [0.05, 0.1) is 5.41 Å². The van der Waals surface area contributed by atoms with Crippen LogP contribution in [0, 0.1) is 5.41 Å². The highest BCUT2D eigenvalue weighted by molar-refractivity contribution is 5.98. The lowest BCUT2D eigenvalue weighted by atomic mass is 9.89. The maximum Gasteiger partial charge on any atom is 0.309 e. The Morgan fingerprint density at radius 3 is 2.43 bits per heavy atom. The molecular weight excluding hydrogens is 266 g/mol. The maximum atomic E-state index is 12.1. The second-order valence-electron chi connectivity index (χ2n) is 5.76. The average Bonchev–Trinajstić information content (AvgIpc) is 2.46. The minimum atomic E-state index is -0.859. The van der Waals surface area contributed by atoms with Gasteiger partial charge in [0, 0.05) is 12.1 Å². The summed E-state index contributed by atoms with van der Waals surface area (Å²) in [6, 6.07) is 13.4. The van der Waals surface area contributed by atoms with Crippen LogP contribution in [0.4, 0.5) is 0 Å². The molecule has 0 aromatic heterocycles. The molecule has 110 valence electrons. The summed E-state index contributed by atoms with van der Waals surface area (Å²) in [5.74, 6) is -1.04. The Labute approximate surface area is 123 Å². The topological polar surface area (TPSA) is 66.4 Å². The molecule has 0 aliphatic rings. The van der Waals surface area contributed by atoms with Crippen LogP contribution in [0.25, 0.3) is 10.8 Å². The Balaban J connectivity index is 2.01. The summed E-state index contributed by atoms with van der Waals surface area (Å²) in [6.07, 6.45) is 0.391. The van der Waals surface area contributed by atoms with Crippen LogP contribution >= 0.6 is 0 Å². The number of benzene rings is 2. The Hall–Kier alpha value is -2.36. The van der Waals surface area contributed by atoms with Gasteiger partial charge in [0.2, 0.25) is 0 Å². The number of carboxylic acids is 1. The van der Waals surface area contributed by atoms with Crippen LogP contribution < -0.4 is 5.32 Å². The number of hydrogen-bond donors (Lipinski definition) is 2. The molecule has 0 saturated heterocycles. The molecule has 1 amide bonds. The molecule has 0 aliphatic carbocycles. The first-order valence-electron chi connectivity index (χ1n) is 6.90. The van der Waals surface area contributed by atoms with Gasteiger partial charge in [-0.15, -0.1) is 0 Å². The number of rotatable bonds is 5. The molecule has 2 rings (SSSR count). The molecule has 0 heterocycles. The van der Waals surface area contributed by atoms with Crippen molar-refractivity contribution in [2.45, 2.75) is 20.3 Å². The van der Waals surface area contributed by atoms with E-state index in [9.17, 15) is 9.59 Å². The van der Waals surface area contributed by atoms with E-state index in [-0.39, 0.29) is 5.91 Å². The van der Waals surface area contributed by atoms with Gasteiger partial charge in [0.15, 0.2) is 0 Å².